The topological polar surface area (TPSA) is 12.4 Å². The maximum absolute atomic E-state index is 5.39. The van der Waals surface area contributed by atoms with Crippen LogP contribution >= 0.6 is 0 Å². The van der Waals surface area contributed by atoms with E-state index in [1.165, 1.54) is 22.3 Å². The van der Waals surface area contributed by atoms with E-state index in [2.05, 4.69) is 76.7 Å². The summed E-state index contributed by atoms with van der Waals surface area (Å²) in [6.45, 7) is 10.5. The van der Waals surface area contributed by atoms with E-state index in [4.69, 9.17) is 6.42 Å². The van der Waals surface area contributed by atoms with Crippen LogP contribution in [0.5, 0.6) is 0 Å². The number of hydrogen-bond acceptors (Lipinski definition) is 1. The molecule has 20 heavy (non-hydrogen) atoms. The molecule has 0 heterocycles. The smallest absolute Gasteiger partial charge is 0.0843 e. The predicted molar refractivity (Wildman–Crippen MR) is 89.8 cm³/mol. The van der Waals surface area contributed by atoms with Crippen LogP contribution in [0.1, 0.15) is 43.9 Å². The van der Waals surface area contributed by atoms with Crippen molar-refractivity contribution in [3.8, 4) is 25.3 Å². The van der Waals surface area contributed by atoms with Gasteiger partial charge in [0.2, 0.25) is 0 Å². The van der Waals surface area contributed by atoms with E-state index >= 15 is 0 Å². The fourth-order valence-corrected chi connectivity index (χ4v) is 2.10. The monoisotopic (exact) mass is 265 g/mol. The molecule has 104 valence electrons. The summed E-state index contributed by atoms with van der Waals surface area (Å²) in [5, 5.41) is 0. The van der Waals surface area contributed by atoms with Crippen molar-refractivity contribution >= 4 is 5.71 Å². The maximum Gasteiger partial charge on any atom is 0.0843 e. The molecule has 0 amide bonds. The third-order valence-corrected chi connectivity index (χ3v) is 3.07. The quantitative estimate of drug-likeness (QED) is 0.556. The number of benzene rings is 1. The lowest BCUT2D eigenvalue weighted by Crippen LogP contribution is -2.08. The molecule has 0 bridgehead atoms. The van der Waals surface area contributed by atoms with Crippen LogP contribution in [0.25, 0.3) is 0 Å². The Kier molecular flexibility index (Phi) is 7.80. The van der Waals surface area contributed by atoms with Gasteiger partial charge in [-0.05, 0) is 51.3 Å². The van der Waals surface area contributed by atoms with E-state index in [-0.39, 0.29) is 0 Å². The number of rotatable bonds is 3. The van der Waals surface area contributed by atoms with Gasteiger partial charge in [-0.25, -0.2) is 0 Å². The molecule has 0 unspecified atom stereocenters. The van der Waals surface area contributed by atoms with E-state index in [9.17, 15) is 0 Å². The van der Waals surface area contributed by atoms with Crippen molar-refractivity contribution in [3.05, 3.63) is 46.0 Å². The summed E-state index contributed by atoms with van der Waals surface area (Å²) >= 11 is 0. The second-order valence-electron chi connectivity index (χ2n) is 4.74. The maximum atomic E-state index is 5.39. The van der Waals surface area contributed by atoms with Crippen molar-refractivity contribution < 1.29 is 0 Å². The van der Waals surface area contributed by atoms with Gasteiger partial charge < -0.3 is 0 Å². The minimum absolute atomic E-state index is 0.941. The molecule has 0 fully saturated rings. The molecule has 1 aromatic carbocycles. The molecule has 1 nitrogen and oxygen atoms in total. The molecule has 0 N–H and O–H groups in total. The number of terminal acetylenes is 2. The van der Waals surface area contributed by atoms with Gasteiger partial charge in [0.1, 0.15) is 0 Å². The molecular weight excluding hydrogens is 242 g/mol. The second kappa shape index (κ2) is 8.78. The van der Waals surface area contributed by atoms with Crippen molar-refractivity contribution in [1.82, 2.24) is 0 Å². The standard InChI is InChI=1S/C17H21N.C2H2/c1-7-15(12(3)4)17(18-8-2)16-11-13(5)9-10-14(16)6;1-2/h2,9-11H,7H2,1,3-6H3;1-2H. The Bertz CT molecular complexity index is 574. The Morgan fingerprint density at radius 2 is 1.80 bits per heavy atom. The first-order valence-electron chi connectivity index (χ1n) is 6.62. The Morgan fingerprint density at radius 3 is 2.25 bits per heavy atom. The van der Waals surface area contributed by atoms with Crippen LogP contribution in [0.4, 0.5) is 0 Å². The van der Waals surface area contributed by atoms with Gasteiger partial charge in [-0.15, -0.1) is 12.8 Å². The van der Waals surface area contributed by atoms with E-state index in [0.717, 1.165) is 17.7 Å². The summed E-state index contributed by atoms with van der Waals surface area (Å²) in [6, 6.07) is 8.82. The van der Waals surface area contributed by atoms with Gasteiger partial charge in [-0.3, -0.25) is 0 Å². The Hall–Kier alpha value is -2.25. The highest BCUT2D eigenvalue weighted by Gasteiger charge is 2.12. The molecule has 0 saturated carbocycles. The van der Waals surface area contributed by atoms with Crippen molar-refractivity contribution in [3.63, 3.8) is 0 Å². The number of allylic oxidation sites excluding steroid dienone is 2. The normalized spacial score (nSPS) is 10.0. The molecule has 0 aromatic heterocycles. The molecule has 0 atom stereocenters. The minimum atomic E-state index is 0.941. The zero-order valence-corrected chi connectivity index (χ0v) is 13.1. The molecule has 1 aromatic rings. The molecule has 0 radical (unpaired) electrons. The Balaban J connectivity index is 0.00000172. The van der Waals surface area contributed by atoms with Gasteiger partial charge in [-0.2, -0.15) is 4.99 Å². The van der Waals surface area contributed by atoms with Gasteiger partial charge in [0.25, 0.3) is 0 Å². The summed E-state index contributed by atoms with van der Waals surface area (Å²) in [7, 11) is 0. The number of aryl methyl sites for hydroxylation is 2. The van der Waals surface area contributed by atoms with Crippen LogP contribution in [-0.2, 0) is 0 Å². The van der Waals surface area contributed by atoms with Crippen LogP contribution < -0.4 is 0 Å². The summed E-state index contributed by atoms with van der Waals surface area (Å²) < 4.78 is 0. The zero-order valence-electron chi connectivity index (χ0n) is 13.1. The van der Waals surface area contributed by atoms with Crippen LogP contribution in [0, 0.1) is 39.2 Å². The van der Waals surface area contributed by atoms with Gasteiger partial charge in [0.15, 0.2) is 0 Å². The number of nitrogens with zero attached hydrogens (tertiary/aromatic N) is 1. The van der Waals surface area contributed by atoms with Crippen molar-refractivity contribution in [2.75, 3.05) is 0 Å². The van der Waals surface area contributed by atoms with Crippen molar-refractivity contribution in [2.45, 2.75) is 41.0 Å². The Labute approximate surface area is 123 Å². The molecule has 0 aliphatic carbocycles. The number of aliphatic imine (C=N–C) groups is 1. The van der Waals surface area contributed by atoms with Crippen LogP contribution in [-0.4, -0.2) is 5.71 Å². The van der Waals surface area contributed by atoms with Crippen LogP contribution in [0.2, 0.25) is 0 Å². The highest BCUT2D eigenvalue weighted by molar-refractivity contribution is 6.14. The SMILES string of the molecule is C#C.C#CN=C(C(CC)=C(C)C)c1cc(C)ccc1C. The van der Waals surface area contributed by atoms with E-state index in [0.29, 0.717) is 0 Å². The molecule has 0 saturated heterocycles. The molecular formula is C19H23N. The predicted octanol–water partition coefficient (Wildman–Crippen LogP) is 4.68. The third-order valence-electron chi connectivity index (χ3n) is 3.07. The number of hydrogen-bond donors (Lipinski definition) is 0. The third kappa shape index (κ3) is 4.45. The fraction of sp³-hybridized carbons (Fsp3) is 0.316. The molecule has 1 heteroatoms. The first kappa shape index (κ1) is 17.8. The van der Waals surface area contributed by atoms with Crippen LogP contribution in [0.15, 0.2) is 34.3 Å². The second-order valence-corrected chi connectivity index (χ2v) is 4.74. The van der Waals surface area contributed by atoms with E-state index in [1.807, 2.05) is 0 Å². The first-order chi connectivity index (χ1) is 9.51. The van der Waals surface area contributed by atoms with Crippen LogP contribution in [0.3, 0.4) is 0 Å². The van der Waals surface area contributed by atoms with Gasteiger partial charge in [0, 0.05) is 11.6 Å². The minimum Gasteiger partial charge on any atom is -0.197 e. The van der Waals surface area contributed by atoms with Gasteiger partial charge in [-0.1, -0.05) is 36.6 Å². The fourth-order valence-electron chi connectivity index (χ4n) is 2.10. The van der Waals surface area contributed by atoms with Gasteiger partial charge >= 0.3 is 0 Å². The lowest BCUT2D eigenvalue weighted by atomic mass is 9.93. The summed E-state index contributed by atoms with van der Waals surface area (Å²) in [5.74, 6) is 0. The highest BCUT2D eigenvalue weighted by Crippen LogP contribution is 2.20. The zero-order chi connectivity index (χ0) is 15.7. The lowest BCUT2D eigenvalue weighted by molar-refractivity contribution is 1.12. The summed E-state index contributed by atoms with van der Waals surface area (Å²) in [6.07, 6.45) is 14.3. The molecule has 0 aliphatic heterocycles. The molecule has 0 spiro atoms. The summed E-state index contributed by atoms with van der Waals surface area (Å²) in [5.41, 5.74) is 7.03. The average Bonchev–Trinajstić information content (AvgIpc) is 2.43. The lowest BCUT2D eigenvalue weighted by Gasteiger charge is -2.14. The van der Waals surface area contributed by atoms with E-state index in [1.54, 1.807) is 0 Å². The highest BCUT2D eigenvalue weighted by atomic mass is 14.7. The van der Waals surface area contributed by atoms with E-state index < -0.39 is 0 Å². The molecule has 0 aliphatic rings. The largest absolute Gasteiger partial charge is 0.197 e. The summed E-state index contributed by atoms with van der Waals surface area (Å²) in [4.78, 5) is 4.28. The average molecular weight is 265 g/mol. The molecule has 1 rings (SSSR count). The van der Waals surface area contributed by atoms with Crippen molar-refractivity contribution in [1.29, 1.82) is 0 Å². The first-order valence-corrected chi connectivity index (χ1v) is 6.62. The Morgan fingerprint density at radius 1 is 1.20 bits per heavy atom. The van der Waals surface area contributed by atoms with Gasteiger partial charge in [0.05, 0.1) is 5.71 Å². The van der Waals surface area contributed by atoms with Crippen molar-refractivity contribution in [2.24, 2.45) is 4.99 Å².